The molecular weight excluding hydrogens is 268 g/mol. The molecule has 3 aliphatic carbocycles. The van der Waals surface area contributed by atoms with Crippen LogP contribution < -0.4 is 10.6 Å². The monoisotopic (exact) mass is 294 g/mol. The lowest BCUT2D eigenvalue weighted by Gasteiger charge is -2.29. The highest BCUT2D eigenvalue weighted by molar-refractivity contribution is 5.93. The molecule has 0 aromatic heterocycles. The third-order valence-corrected chi connectivity index (χ3v) is 4.95. The lowest BCUT2D eigenvalue weighted by atomic mass is 9.95. The van der Waals surface area contributed by atoms with Crippen molar-refractivity contribution in [2.24, 2.45) is 11.8 Å². The quantitative estimate of drug-likeness (QED) is 0.745. The molecule has 0 heterocycles. The van der Waals surface area contributed by atoms with E-state index in [1.807, 2.05) is 6.92 Å². The summed E-state index contributed by atoms with van der Waals surface area (Å²) in [6.45, 7) is 3.35. The summed E-state index contributed by atoms with van der Waals surface area (Å²) >= 11 is 0. The molecule has 3 aliphatic rings. The van der Waals surface area contributed by atoms with Crippen molar-refractivity contribution in [2.75, 3.05) is 13.2 Å². The predicted octanol–water partition coefficient (Wildman–Crippen LogP) is 1.37. The molecular formula is C16H26N2O3. The number of rotatable bonds is 7. The Kier molecular flexibility index (Phi) is 4.20. The Labute approximate surface area is 126 Å². The fourth-order valence-corrected chi connectivity index (χ4v) is 3.29. The van der Waals surface area contributed by atoms with Crippen LogP contribution in [0.5, 0.6) is 0 Å². The van der Waals surface area contributed by atoms with Crippen molar-refractivity contribution >= 4 is 11.8 Å². The molecule has 2 amide bonds. The summed E-state index contributed by atoms with van der Waals surface area (Å²) in [6.07, 6.45) is 6.84. The number of carbonyl (C=O) groups excluding carboxylic acids is 2. The van der Waals surface area contributed by atoms with Crippen molar-refractivity contribution < 1.29 is 14.3 Å². The van der Waals surface area contributed by atoms with Crippen LogP contribution in [0.4, 0.5) is 0 Å². The van der Waals surface area contributed by atoms with E-state index in [1.54, 1.807) is 0 Å². The molecule has 0 bridgehead atoms. The molecule has 21 heavy (non-hydrogen) atoms. The average Bonchev–Trinajstić information content (AvgIpc) is 3.37. The first-order valence-electron chi connectivity index (χ1n) is 8.36. The SMILES string of the molecule is CCOC1CC1C(=O)NC1(C(=O)NCC2CC2)CCCC1. The van der Waals surface area contributed by atoms with Gasteiger partial charge < -0.3 is 15.4 Å². The minimum absolute atomic E-state index is 0.00285. The van der Waals surface area contributed by atoms with E-state index in [-0.39, 0.29) is 23.8 Å². The zero-order chi connectivity index (χ0) is 14.9. The van der Waals surface area contributed by atoms with E-state index in [0.29, 0.717) is 12.5 Å². The van der Waals surface area contributed by atoms with Gasteiger partial charge in [0.05, 0.1) is 12.0 Å². The second-order valence-electron chi connectivity index (χ2n) is 6.77. The molecule has 2 N–H and O–H groups in total. The van der Waals surface area contributed by atoms with Crippen molar-refractivity contribution in [3.05, 3.63) is 0 Å². The highest BCUT2D eigenvalue weighted by Crippen LogP contribution is 2.37. The minimum atomic E-state index is -0.661. The summed E-state index contributed by atoms with van der Waals surface area (Å²) in [5.41, 5.74) is -0.661. The van der Waals surface area contributed by atoms with Crippen LogP contribution in [0.25, 0.3) is 0 Å². The van der Waals surface area contributed by atoms with Gasteiger partial charge in [-0.05, 0) is 44.9 Å². The average molecular weight is 294 g/mol. The Hall–Kier alpha value is -1.10. The van der Waals surface area contributed by atoms with Crippen LogP contribution in [-0.2, 0) is 14.3 Å². The number of ether oxygens (including phenoxy) is 1. The van der Waals surface area contributed by atoms with Crippen LogP contribution in [0.1, 0.15) is 51.9 Å². The van der Waals surface area contributed by atoms with E-state index in [4.69, 9.17) is 4.74 Å². The highest BCUT2D eigenvalue weighted by Gasteiger charge is 2.49. The van der Waals surface area contributed by atoms with E-state index in [0.717, 1.165) is 38.6 Å². The van der Waals surface area contributed by atoms with Gasteiger partial charge >= 0.3 is 0 Å². The molecule has 0 radical (unpaired) electrons. The zero-order valence-electron chi connectivity index (χ0n) is 12.8. The van der Waals surface area contributed by atoms with E-state index in [2.05, 4.69) is 10.6 Å². The van der Waals surface area contributed by atoms with Gasteiger partial charge in [0, 0.05) is 13.2 Å². The molecule has 0 saturated heterocycles. The van der Waals surface area contributed by atoms with Gasteiger partial charge in [0.2, 0.25) is 11.8 Å². The number of nitrogens with one attached hydrogen (secondary N) is 2. The molecule has 3 rings (SSSR count). The number of amides is 2. The fraction of sp³-hybridized carbons (Fsp3) is 0.875. The van der Waals surface area contributed by atoms with Crippen molar-refractivity contribution in [1.29, 1.82) is 0 Å². The summed E-state index contributed by atoms with van der Waals surface area (Å²) < 4.78 is 5.47. The van der Waals surface area contributed by atoms with Crippen molar-refractivity contribution in [1.82, 2.24) is 10.6 Å². The maximum atomic E-state index is 12.5. The maximum absolute atomic E-state index is 12.5. The summed E-state index contributed by atoms with van der Waals surface area (Å²) in [5.74, 6) is 0.623. The number of hydrogen-bond donors (Lipinski definition) is 2. The van der Waals surface area contributed by atoms with Gasteiger partial charge in [0.25, 0.3) is 0 Å². The Bertz CT molecular complexity index is 414. The zero-order valence-corrected chi connectivity index (χ0v) is 12.8. The third-order valence-electron chi connectivity index (χ3n) is 4.95. The second-order valence-corrected chi connectivity index (χ2v) is 6.77. The Balaban J connectivity index is 1.55. The van der Waals surface area contributed by atoms with E-state index in [9.17, 15) is 9.59 Å². The number of carbonyl (C=O) groups is 2. The van der Waals surface area contributed by atoms with E-state index >= 15 is 0 Å². The van der Waals surface area contributed by atoms with Crippen molar-refractivity contribution in [2.45, 2.75) is 63.5 Å². The summed E-state index contributed by atoms with van der Waals surface area (Å²) in [5, 5.41) is 6.10. The number of hydrogen-bond acceptors (Lipinski definition) is 3. The topological polar surface area (TPSA) is 67.4 Å². The standard InChI is InChI=1S/C16H26N2O3/c1-2-21-13-9-12(13)14(19)18-16(7-3-4-8-16)15(20)17-10-11-5-6-11/h11-13H,2-10H2,1H3,(H,17,20)(H,18,19). The highest BCUT2D eigenvalue weighted by atomic mass is 16.5. The predicted molar refractivity (Wildman–Crippen MR) is 78.6 cm³/mol. The van der Waals surface area contributed by atoms with Gasteiger partial charge in [-0.3, -0.25) is 9.59 Å². The first-order valence-corrected chi connectivity index (χ1v) is 8.36. The molecule has 3 saturated carbocycles. The molecule has 0 aliphatic heterocycles. The molecule has 0 spiro atoms. The summed E-state index contributed by atoms with van der Waals surface area (Å²) in [7, 11) is 0. The smallest absolute Gasteiger partial charge is 0.245 e. The normalized spacial score (nSPS) is 30.0. The Morgan fingerprint density at radius 2 is 1.95 bits per heavy atom. The van der Waals surface area contributed by atoms with Crippen molar-refractivity contribution in [3.8, 4) is 0 Å². The molecule has 0 aromatic rings. The molecule has 2 unspecified atom stereocenters. The van der Waals surface area contributed by atoms with Crippen LogP contribution in [0.15, 0.2) is 0 Å². The van der Waals surface area contributed by atoms with Crippen LogP contribution >= 0.6 is 0 Å². The van der Waals surface area contributed by atoms with Gasteiger partial charge in [-0.25, -0.2) is 0 Å². The fourth-order valence-electron chi connectivity index (χ4n) is 3.29. The van der Waals surface area contributed by atoms with Gasteiger partial charge in [0.1, 0.15) is 5.54 Å². The van der Waals surface area contributed by atoms with Crippen LogP contribution in [-0.4, -0.2) is 36.6 Å². The molecule has 0 aromatic carbocycles. The Morgan fingerprint density at radius 1 is 1.24 bits per heavy atom. The largest absolute Gasteiger partial charge is 0.378 e. The van der Waals surface area contributed by atoms with Gasteiger partial charge in [-0.15, -0.1) is 0 Å². The van der Waals surface area contributed by atoms with Gasteiger partial charge in [0.15, 0.2) is 0 Å². The van der Waals surface area contributed by atoms with Crippen molar-refractivity contribution in [3.63, 3.8) is 0 Å². The van der Waals surface area contributed by atoms with Crippen LogP contribution in [0.2, 0.25) is 0 Å². The first-order chi connectivity index (χ1) is 10.1. The summed E-state index contributed by atoms with van der Waals surface area (Å²) in [4.78, 5) is 24.9. The third kappa shape index (κ3) is 3.39. The molecule has 2 atom stereocenters. The molecule has 5 nitrogen and oxygen atoms in total. The van der Waals surface area contributed by atoms with Crippen LogP contribution in [0, 0.1) is 11.8 Å². The first kappa shape index (κ1) is 14.8. The molecule has 5 heteroatoms. The second kappa shape index (κ2) is 5.95. The molecule has 118 valence electrons. The van der Waals surface area contributed by atoms with Crippen LogP contribution in [0.3, 0.4) is 0 Å². The Morgan fingerprint density at radius 3 is 2.57 bits per heavy atom. The lowest BCUT2D eigenvalue weighted by Crippen LogP contribution is -2.58. The maximum Gasteiger partial charge on any atom is 0.245 e. The lowest BCUT2D eigenvalue weighted by molar-refractivity contribution is -0.134. The minimum Gasteiger partial charge on any atom is -0.378 e. The molecule has 3 fully saturated rings. The summed E-state index contributed by atoms with van der Waals surface area (Å²) in [6, 6.07) is 0. The van der Waals surface area contributed by atoms with E-state index in [1.165, 1.54) is 12.8 Å². The van der Waals surface area contributed by atoms with Gasteiger partial charge in [-0.2, -0.15) is 0 Å². The van der Waals surface area contributed by atoms with Gasteiger partial charge in [-0.1, -0.05) is 12.8 Å². The van der Waals surface area contributed by atoms with E-state index < -0.39 is 5.54 Å².